The summed E-state index contributed by atoms with van der Waals surface area (Å²) < 4.78 is 68.5. The number of rotatable bonds is 74. The zero-order chi connectivity index (χ0) is 74.6. The van der Waals surface area contributed by atoms with Gasteiger partial charge in [0.2, 0.25) is 0 Å². The van der Waals surface area contributed by atoms with E-state index in [1.807, 2.05) is 18.2 Å². The molecule has 0 saturated carbocycles. The summed E-state index contributed by atoms with van der Waals surface area (Å²) in [5.74, 6) is -2.28. The van der Waals surface area contributed by atoms with Crippen molar-refractivity contribution in [1.29, 1.82) is 0 Å². The molecular formula is C83H142O17P2. The Kier molecular flexibility index (Phi) is 71.4. The maximum Gasteiger partial charge on any atom is 0.472 e. The van der Waals surface area contributed by atoms with Crippen molar-refractivity contribution in [3.05, 3.63) is 122 Å². The van der Waals surface area contributed by atoms with Gasteiger partial charge in [0, 0.05) is 25.7 Å². The zero-order valence-corrected chi connectivity index (χ0v) is 65.8. The molecule has 3 N–H and O–H groups in total. The van der Waals surface area contributed by atoms with E-state index < -0.39 is 97.5 Å². The van der Waals surface area contributed by atoms with Crippen LogP contribution in [-0.2, 0) is 65.4 Å². The van der Waals surface area contributed by atoms with Crippen LogP contribution in [0, 0.1) is 0 Å². The van der Waals surface area contributed by atoms with Gasteiger partial charge in [0.15, 0.2) is 12.2 Å². The fraction of sp³-hybridized carbons (Fsp3) is 0.711. The van der Waals surface area contributed by atoms with E-state index in [9.17, 15) is 43.2 Å². The number of aliphatic hydroxyl groups is 1. The van der Waals surface area contributed by atoms with Gasteiger partial charge in [0.05, 0.1) is 26.4 Å². The van der Waals surface area contributed by atoms with E-state index in [1.165, 1.54) is 77.0 Å². The molecule has 0 aromatic heterocycles. The van der Waals surface area contributed by atoms with Crippen molar-refractivity contribution < 1.29 is 80.2 Å². The van der Waals surface area contributed by atoms with Gasteiger partial charge >= 0.3 is 39.5 Å². The average molecular weight is 1470 g/mol. The third-order valence-electron chi connectivity index (χ3n) is 16.4. The number of ether oxygens (including phenoxy) is 4. The second kappa shape index (κ2) is 74.7. The Morgan fingerprint density at radius 2 is 0.529 bits per heavy atom. The minimum absolute atomic E-state index is 0.0362. The molecule has 5 atom stereocenters. The van der Waals surface area contributed by atoms with Crippen LogP contribution in [0.1, 0.15) is 323 Å². The molecule has 0 radical (unpaired) electrons. The highest BCUT2D eigenvalue weighted by molar-refractivity contribution is 7.47. The summed E-state index contributed by atoms with van der Waals surface area (Å²) in [7, 11) is -9.97. The minimum atomic E-state index is -4.99. The molecule has 5 unspecified atom stereocenters. The highest BCUT2D eigenvalue weighted by Crippen LogP contribution is 2.45. The number of esters is 4. The Morgan fingerprint density at radius 3 is 0.853 bits per heavy atom. The van der Waals surface area contributed by atoms with Gasteiger partial charge in [0.25, 0.3) is 0 Å². The SMILES string of the molecule is CC/C=C\C/C=C\C/C=C\C/C=C\C/C=C\C/C=C\CCC(=O)OCC(COP(=O)(O)OCC(O)COP(=O)(O)OCC(COC(=O)CCCCCCCCC/C=C\C/C=C\C/C=C\CC)OC(=O)CCCCCCC/C=C\CCCCCCCC)OC(=O)CCCCCCCCCCCCC. The molecule has 0 spiro atoms. The van der Waals surface area contributed by atoms with E-state index >= 15 is 0 Å². The molecule has 0 saturated heterocycles. The number of carbonyl (C=O) groups excluding carboxylic acids is 4. The summed E-state index contributed by atoms with van der Waals surface area (Å²) in [6.07, 6.45) is 82.0. The smallest absolute Gasteiger partial charge is 0.462 e. The Hall–Kier alpha value is -4.54. The maximum atomic E-state index is 13.1. The lowest BCUT2D eigenvalue weighted by Gasteiger charge is -2.21. The van der Waals surface area contributed by atoms with Crippen LogP contribution in [0.2, 0.25) is 0 Å². The molecule has 0 aliphatic heterocycles. The molecule has 19 heteroatoms. The fourth-order valence-electron chi connectivity index (χ4n) is 10.4. The van der Waals surface area contributed by atoms with Crippen molar-refractivity contribution >= 4 is 39.5 Å². The fourth-order valence-corrected chi connectivity index (χ4v) is 12.0. The molecule has 0 rings (SSSR count). The number of unbranched alkanes of at least 4 members (excludes halogenated alkanes) is 28. The van der Waals surface area contributed by atoms with E-state index in [4.69, 9.17) is 37.0 Å². The number of hydrogen-bond donors (Lipinski definition) is 3. The van der Waals surface area contributed by atoms with E-state index in [0.29, 0.717) is 32.1 Å². The molecule has 0 heterocycles. The van der Waals surface area contributed by atoms with Crippen LogP contribution in [-0.4, -0.2) is 96.7 Å². The van der Waals surface area contributed by atoms with Crippen LogP contribution in [0.25, 0.3) is 0 Å². The first-order valence-corrected chi connectivity index (χ1v) is 42.8. The van der Waals surface area contributed by atoms with Crippen LogP contribution in [0.15, 0.2) is 122 Å². The summed E-state index contributed by atoms with van der Waals surface area (Å²) in [6, 6.07) is 0. The molecule has 586 valence electrons. The Morgan fingerprint density at radius 1 is 0.284 bits per heavy atom. The average Bonchev–Trinajstić information content (AvgIpc) is 0.926. The molecule has 0 aromatic carbocycles. The van der Waals surface area contributed by atoms with Gasteiger partial charge < -0.3 is 33.8 Å². The van der Waals surface area contributed by atoms with Crippen molar-refractivity contribution in [2.75, 3.05) is 39.6 Å². The minimum Gasteiger partial charge on any atom is -0.462 e. The van der Waals surface area contributed by atoms with Gasteiger partial charge in [-0.15, -0.1) is 0 Å². The van der Waals surface area contributed by atoms with Crippen molar-refractivity contribution in [3.8, 4) is 0 Å². The second-order valence-electron chi connectivity index (χ2n) is 26.2. The number of carbonyl (C=O) groups is 4. The lowest BCUT2D eigenvalue weighted by molar-refractivity contribution is -0.161. The van der Waals surface area contributed by atoms with Crippen LogP contribution in [0.5, 0.6) is 0 Å². The zero-order valence-electron chi connectivity index (χ0n) is 64.0. The van der Waals surface area contributed by atoms with Crippen molar-refractivity contribution in [2.45, 2.75) is 341 Å². The molecule has 17 nitrogen and oxygen atoms in total. The third-order valence-corrected chi connectivity index (χ3v) is 18.3. The van der Waals surface area contributed by atoms with Crippen molar-refractivity contribution in [2.24, 2.45) is 0 Å². The van der Waals surface area contributed by atoms with E-state index in [2.05, 4.69) is 131 Å². The largest absolute Gasteiger partial charge is 0.472 e. The molecule has 102 heavy (non-hydrogen) atoms. The molecule has 0 fully saturated rings. The van der Waals surface area contributed by atoms with Gasteiger partial charge in [-0.1, -0.05) is 297 Å². The topological polar surface area (TPSA) is 237 Å². The Labute approximate surface area is 619 Å². The van der Waals surface area contributed by atoms with Gasteiger partial charge in [-0.3, -0.25) is 37.3 Å². The summed E-state index contributed by atoms with van der Waals surface area (Å²) in [4.78, 5) is 72.9. The number of hydrogen-bond acceptors (Lipinski definition) is 15. The number of phosphoric ester groups is 2. The Bertz CT molecular complexity index is 2410. The summed E-state index contributed by atoms with van der Waals surface area (Å²) in [5, 5.41) is 10.6. The first-order chi connectivity index (χ1) is 49.7. The Balaban J connectivity index is 5.38. The van der Waals surface area contributed by atoms with Gasteiger partial charge in [-0.2, -0.15) is 0 Å². The second-order valence-corrected chi connectivity index (χ2v) is 29.2. The molecular weight excluding hydrogens is 1330 g/mol. The molecule has 0 amide bonds. The number of allylic oxidation sites excluding steroid dienone is 20. The van der Waals surface area contributed by atoms with Crippen LogP contribution < -0.4 is 0 Å². The van der Waals surface area contributed by atoms with E-state index in [0.717, 1.165) is 161 Å². The lowest BCUT2D eigenvalue weighted by atomic mass is 10.1. The van der Waals surface area contributed by atoms with E-state index in [1.54, 1.807) is 0 Å². The predicted octanol–water partition coefficient (Wildman–Crippen LogP) is 23.1. The first kappa shape index (κ1) is 97.5. The lowest BCUT2D eigenvalue weighted by Crippen LogP contribution is -2.30. The monoisotopic (exact) mass is 1470 g/mol. The van der Waals surface area contributed by atoms with Crippen molar-refractivity contribution in [1.82, 2.24) is 0 Å². The third kappa shape index (κ3) is 73.8. The standard InChI is InChI=1S/C83H142O17P2/c1-5-9-13-17-21-25-29-32-35-37-38-40-43-45-49-52-56-60-64-68-80(85)93-73-78(99-82(87)69-65-61-57-53-47-28-24-20-16-12-8-4)75-97-101(89,90)95-71-77(84)72-96-102(91,92)98-76-79(100-83(88)70-66-62-58-54-50-46-41-34-31-27-23-19-15-11-7-3)74-94-81(86)67-63-59-55-51-48-44-42-39-36-33-30-26-22-18-14-10-6-2/h9-10,13-14,21-22,25-26,32-36,38,40-41,45,49,56,60,77-79,84H,5-8,11-12,15-20,23-24,27-31,37,39,42-44,46-48,50-55,57-59,61-76H2,1-4H3,(H,89,90)(H,91,92)/b13-9-,14-10-,25-21-,26-22-,35-32-,36-33-,40-38-,41-34-,49-45-,60-56-. The van der Waals surface area contributed by atoms with E-state index in [-0.39, 0.29) is 25.7 Å². The van der Waals surface area contributed by atoms with Gasteiger partial charge in [-0.05, 0) is 122 Å². The summed E-state index contributed by atoms with van der Waals surface area (Å²) in [5.41, 5.74) is 0. The van der Waals surface area contributed by atoms with Gasteiger partial charge in [-0.25, -0.2) is 9.13 Å². The maximum absolute atomic E-state index is 13.1. The predicted molar refractivity (Wildman–Crippen MR) is 418 cm³/mol. The van der Waals surface area contributed by atoms with Crippen molar-refractivity contribution in [3.63, 3.8) is 0 Å². The summed E-state index contributed by atoms with van der Waals surface area (Å²) in [6.45, 7) is 4.55. The van der Waals surface area contributed by atoms with Gasteiger partial charge in [0.1, 0.15) is 19.3 Å². The highest BCUT2D eigenvalue weighted by atomic mass is 31.2. The summed E-state index contributed by atoms with van der Waals surface area (Å²) >= 11 is 0. The highest BCUT2D eigenvalue weighted by Gasteiger charge is 2.30. The molecule has 0 aliphatic rings. The molecule has 0 aromatic rings. The quantitative estimate of drug-likeness (QED) is 0.0169. The normalized spacial score (nSPS) is 14.5. The van der Waals surface area contributed by atoms with Crippen LogP contribution >= 0.6 is 15.6 Å². The van der Waals surface area contributed by atoms with Crippen LogP contribution in [0.3, 0.4) is 0 Å². The molecule has 0 bridgehead atoms. The first-order valence-electron chi connectivity index (χ1n) is 39.8. The number of phosphoric acid groups is 2. The van der Waals surface area contributed by atoms with Crippen LogP contribution in [0.4, 0.5) is 0 Å². The molecule has 0 aliphatic carbocycles. The number of aliphatic hydroxyl groups excluding tert-OH is 1.